The lowest BCUT2D eigenvalue weighted by Gasteiger charge is -2.06. The summed E-state index contributed by atoms with van der Waals surface area (Å²) in [4.78, 5) is 23.1. The summed E-state index contributed by atoms with van der Waals surface area (Å²) >= 11 is 0. The Bertz CT molecular complexity index is 821. The molecule has 0 saturated carbocycles. The van der Waals surface area contributed by atoms with Gasteiger partial charge in [0.25, 0.3) is 5.91 Å². The number of nitrogens with zero attached hydrogens (tertiary/aromatic N) is 1. The highest BCUT2D eigenvalue weighted by molar-refractivity contribution is 6.06. The summed E-state index contributed by atoms with van der Waals surface area (Å²) in [6.07, 6.45) is 1.66. The molecule has 3 rings (SSSR count). The van der Waals surface area contributed by atoms with Crippen LogP contribution >= 0.6 is 0 Å². The van der Waals surface area contributed by atoms with Crippen LogP contribution < -0.4 is 11.1 Å². The number of carbonyl (C=O) groups excluding carboxylic acids is 2. The lowest BCUT2D eigenvalue weighted by Crippen LogP contribution is -2.13. The minimum Gasteiger partial charge on any atom is -0.366 e. The fourth-order valence-corrected chi connectivity index (χ4v) is 2.01. The predicted octanol–water partition coefficient (Wildman–Crippen LogP) is 1.91. The third-order valence-electron chi connectivity index (χ3n) is 3.13. The van der Waals surface area contributed by atoms with E-state index in [1.54, 1.807) is 48.7 Å². The van der Waals surface area contributed by atoms with Crippen molar-refractivity contribution < 1.29 is 9.59 Å². The van der Waals surface area contributed by atoms with Crippen LogP contribution in [0.3, 0.4) is 0 Å². The average molecular weight is 280 g/mol. The Hall–Kier alpha value is -3.15. The van der Waals surface area contributed by atoms with Gasteiger partial charge in [-0.25, -0.2) is 0 Å². The first-order valence-electron chi connectivity index (χ1n) is 6.28. The number of H-pyrrole nitrogens is 1. The van der Waals surface area contributed by atoms with Crippen LogP contribution in [0.4, 0.5) is 5.69 Å². The zero-order chi connectivity index (χ0) is 14.8. The Kier molecular flexibility index (Phi) is 3.12. The van der Waals surface area contributed by atoms with Crippen LogP contribution in [0, 0.1) is 0 Å². The molecule has 4 N–H and O–H groups in total. The lowest BCUT2D eigenvalue weighted by molar-refractivity contribution is 0.0998. The third-order valence-corrected chi connectivity index (χ3v) is 3.13. The second-order valence-corrected chi connectivity index (χ2v) is 4.57. The van der Waals surface area contributed by atoms with Gasteiger partial charge < -0.3 is 11.1 Å². The van der Waals surface area contributed by atoms with Gasteiger partial charge in [-0.3, -0.25) is 14.7 Å². The Labute approximate surface area is 120 Å². The fraction of sp³-hybridized carbons (Fsp3) is 0. The van der Waals surface area contributed by atoms with E-state index in [9.17, 15) is 9.59 Å². The van der Waals surface area contributed by atoms with Gasteiger partial charge in [0.05, 0.1) is 11.7 Å². The van der Waals surface area contributed by atoms with Gasteiger partial charge >= 0.3 is 0 Å². The second-order valence-electron chi connectivity index (χ2n) is 4.57. The highest BCUT2D eigenvalue weighted by atomic mass is 16.2. The maximum Gasteiger partial charge on any atom is 0.255 e. The maximum atomic E-state index is 12.2. The Morgan fingerprint density at radius 3 is 2.48 bits per heavy atom. The summed E-state index contributed by atoms with van der Waals surface area (Å²) in [6, 6.07) is 11.7. The molecule has 3 aromatic rings. The number of fused-ring (bicyclic) bond motifs is 1. The van der Waals surface area contributed by atoms with Crippen molar-refractivity contribution in [3.63, 3.8) is 0 Å². The minimum atomic E-state index is -0.502. The number of benzene rings is 2. The fourth-order valence-electron chi connectivity index (χ4n) is 2.01. The van der Waals surface area contributed by atoms with Gasteiger partial charge in [-0.1, -0.05) is 0 Å². The Morgan fingerprint density at radius 1 is 1.05 bits per heavy atom. The number of rotatable bonds is 3. The minimum absolute atomic E-state index is 0.232. The number of aromatic amines is 1. The number of nitrogens with one attached hydrogen (secondary N) is 2. The van der Waals surface area contributed by atoms with Crippen molar-refractivity contribution >= 4 is 28.4 Å². The SMILES string of the molecule is NC(=O)c1ccc(NC(=O)c2ccc3[nH]ncc3c2)cc1. The summed E-state index contributed by atoms with van der Waals surface area (Å²) in [7, 11) is 0. The highest BCUT2D eigenvalue weighted by Crippen LogP contribution is 2.15. The van der Waals surface area contributed by atoms with E-state index in [1.807, 2.05) is 0 Å². The van der Waals surface area contributed by atoms with Gasteiger partial charge in [-0.05, 0) is 42.5 Å². The predicted molar refractivity (Wildman–Crippen MR) is 79.0 cm³/mol. The monoisotopic (exact) mass is 280 g/mol. The first kappa shape index (κ1) is 12.9. The summed E-state index contributed by atoms with van der Waals surface area (Å²) in [5.41, 5.74) is 7.56. The molecule has 2 amide bonds. The van der Waals surface area contributed by atoms with E-state index in [4.69, 9.17) is 5.73 Å². The molecule has 0 aliphatic heterocycles. The van der Waals surface area contributed by atoms with Gasteiger partial charge in [0.2, 0.25) is 5.91 Å². The van der Waals surface area contributed by atoms with Gasteiger partial charge in [0.1, 0.15) is 0 Å². The van der Waals surface area contributed by atoms with E-state index >= 15 is 0 Å². The molecule has 0 radical (unpaired) electrons. The molecule has 6 nitrogen and oxygen atoms in total. The molecule has 0 aliphatic rings. The summed E-state index contributed by atoms with van der Waals surface area (Å²) in [5.74, 6) is -0.733. The van der Waals surface area contributed by atoms with Crippen molar-refractivity contribution in [2.45, 2.75) is 0 Å². The van der Waals surface area contributed by atoms with Gasteiger partial charge in [0, 0.05) is 22.2 Å². The van der Waals surface area contributed by atoms with Crippen LogP contribution in [0.5, 0.6) is 0 Å². The van der Waals surface area contributed by atoms with Crippen LogP contribution in [0.15, 0.2) is 48.7 Å². The van der Waals surface area contributed by atoms with Gasteiger partial charge in [0.15, 0.2) is 0 Å². The van der Waals surface area contributed by atoms with E-state index in [0.717, 1.165) is 10.9 Å². The summed E-state index contributed by atoms with van der Waals surface area (Å²) < 4.78 is 0. The molecule has 0 unspecified atom stereocenters. The van der Waals surface area contributed by atoms with Crippen LogP contribution in [0.25, 0.3) is 10.9 Å². The zero-order valence-corrected chi connectivity index (χ0v) is 11.0. The van der Waals surface area contributed by atoms with Crippen molar-refractivity contribution in [3.05, 3.63) is 59.8 Å². The Balaban J connectivity index is 1.80. The normalized spacial score (nSPS) is 10.5. The number of amides is 2. The average Bonchev–Trinajstić information content (AvgIpc) is 2.95. The van der Waals surface area contributed by atoms with Crippen molar-refractivity contribution in [2.75, 3.05) is 5.32 Å². The second kappa shape index (κ2) is 5.09. The van der Waals surface area contributed by atoms with E-state index < -0.39 is 5.91 Å². The molecular weight excluding hydrogens is 268 g/mol. The molecule has 104 valence electrons. The number of primary amides is 1. The molecule has 0 aliphatic carbocycles. The van der Waals surface area contributed by atoms with E-state index in [-0.39, 0.29) is 5.91 Å². The molecule has 6 heteroatoms. The molecule has 1 heterocycles. The van der Waals surface area contributed by atoms with Gasteiger partial charge in [-0.15, -0.1) is 0 Å². The lowest BCUT2D eigenvalue weighted by atomic mass is 10.1. The van der Waals surface area contributed by atoms with Crippen molar-refractivity contribution in [3.8, 4) is 0 Å². The number of aromatic nitrogens is 2. The molecular formula is C15H12N4O2. The number of hydrogen-bond acceptors (Lipinski definition) is 3. The smallest absolute Gasteiger partial charge is 0.255 e. The van der Waals surface area contributed by atoms with E-state index in [0.29, 0.717) is 16.8 Å². The standard InChI is InChI=1S/C15H12N4O2/c16-14(20)9-1-4-12(5-2-9)18-15(21)10-3-6-13-11(7-10)8-17-19-13/h1-8H,(H2,16,20)(H,17,19)(H,18,21). The zero-order valence-electron chi connectivity index (χ0n) is 11.0. The number of carbonyl (C=O) groups is 2. The van der Waals surface area contributed by atoms with Crippen LogP contribution in [0.1, 0.15) is 20.7 Å². The highest BCUT2D eigenvalue weighted by Gasteiger charge is 2.08. The van der Waals surface area contributed by atoms with E-state index in [2.05, 4.69) is 15.5 Å². The molecule has 0 fully saturated rings. The largest absolute Gasteiger partial charge is 0.366 e. The van der Waals surface area contributed by atoms with Gasteiger partial charge in [-0.2, -0.15) is 5.10 Å². The summed E-state index contributed by atoms with van der Waals surface area (Å²) in [6.45, 7) is 0. The first-order chi connectivity index (χ1) is 10.1. The van der Waals surface area contributed by atoms with Crippen molar-refractivity contribution in [2.24, 2.45) is 5.73 Å². The number of anilines is 1. The third kappa shape index (κ3) is 2.59. The van der Waals surface area contributed by atoms with E-state index in [1.165, 1.54) is 0 Å². The molecule has 0 bridgehead atoms. The van der Waals surface area contributed by atoms with Crippen molar-refractivity contribution in [1.29, 1.82) is 0 Å². The van der Waals surface area contributed by atoms with Crippen LogP contribution in [0.2, 0.25) is 0 Å². The quantitative estimate of drug-likeness (QED) is 0.683. The molecule has 1 aromatic heterocycles. The molecule has 0 saturated heterocycles. The number of nitrogens with two attached hydrogens (primary N) is 1. The van der Waals surface area contributed by atoms with Crippen LogP contribution in [-0.2, 0) is 0 Å². The van der Waals surface area contributed by atoms with Crippen LogP contribution in [-0.4, -0.2) is 22.0 Å². The molecule has 2 aromatic carbocycles. The topological polar surface area (TPSA) is 101 Å². The maximum absolute atomic E-state index is 12.2. The molecule has 21 heavy (non-hydrogen) atoms. The molecule has 0 atom stereocenters. The van der Waals surface area contributed by atoms with Crippen molar-refractivity contribution in [1.82, 2.24) is 10.2 Å². The first-order valence-corrected chi connectivity index (χ1v) is 6.28. The summed E-state index contributed by atoms with van der Waals surface area (Å²) in [5, 5.41) is 10.4. The number of hydrogen-bond donors (Lipinski definition) is 3. The Morgan fingerprint density at radius 2 is 1.76 bits per heavy atom. The molecule has 0 spiro atoms.